The third kappa shape index (κ3) is 4.19. The number of rotatable bonds is 7. The van der Waals surface area contributed by atoms with E-state index < -0.39 is 0 Å². The second-order valence-corrected chi connectivity index (χ2v) is 6.67. The van der Waals surface area contributed by atoms with Gasteiger partial charge in [-0.3, -0.25) is 4.79 Å². The molecule has 2 fully saturated rings. The molecule has 2 aliphatic heterocycles. The second kappa shape index (κ2) is 7.73. The van der Waals surface area contributed by atoms with E-state index >= 15 is 0 Å². The molecule has 1 amide bonds. The Morgan fingerprint density at radius 3 is 3.00 bits per heavy atom. The molecule has 1 unspecified atom stereocenters. The zero-order valence-corrected chi connectivity index (χ0v) is 14.0. The summed E-state index contributed by atoms with van der Waals surface area (Å²) >= 11 is 0. The Bertz CT molecular complexity index is 509. The van der Waals surface area contributed by atoms with E-state index in [-0.39, 0.29) is 0 Å². The first-order valence-electron chi connectivity index (χ1n) is 8.75. The van der Waals surface area contributed by atoms with Crippen molar-refractivity contribution in [3.63, 3.8) is 0 Å². The zero-order chi connectivity index (χ0) is 16.1. The molecule has 1 aromatic rings. The molecular formula is C17H27N5O. The van der Waals surface area contributed by atoms with E-state index in [1.165, 1.54) is 12.8 Å². The number of carbonyl (C=O) groups is 1. The van der Waals surface area contributed by atoms with Crippen LogP contribution >= 0.6 is 0 Å². The fourth-order valence-electron chi connectivity index (χ4n) is 3.70. The molecule has 6 heteroatoms. The normalized spacial score (nSPS) is 21.7. The molecule has 1 aromatic heterocycles. The van der Waals surface area contributed by atoms with Crippen LogP contribution in [-0.4, -0.2) is 71.7 Å². The van der Waals surface area contributed by atoms with Gasteiger partial charge in [-0.2, -0.15) is 5.10 Å². The predicted octanol–water partition coefficient (Wildman–Crippen LogP) is 1.39. The minimum Gasteiger partial charge on any atom is -0.351 e. The number of anilines is 1. The minimum absolute atomic E-state index is 0.331. The Balaban J connectivity index is 1.43. The van der Waals surface area contributed by atoms with Gasteiger partial charge in [-0.25, -0.2) is 0 Å². The van der Waals surface area contributed by atoms with Gasteiger partial charge in [0.25, 0.3) is 0 Å². The largest absolute Gasteiger partial charge is 0.351 e. The second-order valence-electron chi connectivity index (χ2n) is 6.67. The van der Waals surface area contributed by atoms with Crippen LogP contribution in [0, 0.1) is 0 Å². The van der Waals surface area contributed by atoms with Crippen molar-refractivity contribution in [2.24, 2.45) is 0 Å². The van der Waals surface area contributed by atoms with E-state index in [1.54, 1.807) is 6.20 Å². The Hall–Kier alpha value is -1.69. The summed E-state index contributed by atoms with van der Waals surface area (Å²) in [5.74, 6) is 1.32. The number of likely N-dealkylation sites (tertiary alicyclic amines) is 1. The highest BCUT2D eigenvalue weighted by molar-refractivity contribution is 5.77. The maximum Gasteiger partial charge on any atom is 0.222 e. The van der Waals surface area contributed by atoms with Gasteiger partial charge in [0.1, 0.15) is 0 Å². The van der Waals surface area contributed by atoms with Crippen LogP contribution in [0.15, 0.2) is 18.3 Å². The first-order chi connectivity index (χ1) is 11.2. The molecule has 1 atom stereocenters. The number of hydrogen-bond donors (Lipinski definition) is 0. The van der Waals surface area contributed by atoms with E-state index in [2.05, 4.69) is 27.0 Å². The molecule has 3 heterocycles. The molecule has 0 aliphatic carbocycles. The maximum atomic E-state index is 11.6. The number of amides is 1. The fraction of sp³-hybridized carbons (Fsp3) is 0.706. The Kier molecular flexibility index (Phi) is 5.43. The molecule has 0 spiro atoms. The van der Waals surface area contributed by atoms with Gasteiger partial charge < -0.3 is 14.7 Å². The summed E-state index contributed by atoms with van der Waals surface area (Å²) in [4.78, 5) is 18.4. The molecular weight excluding hydrogens is 290 g/mol. The van der Waals surface area contributed by atoms with Gasteiger partial charge in [0.05, 0.1) is 0 Å². The van der Waals surface area contributed by atoms with Gasteiger partial charge in [0, 0.05) is 44.8 Å². The number of hydrogen-bond acceptors (Lipinski definition) is 5. The molecule has 3 rings (SSSR count). The highest BCUT2D eigenvalue weighted by atomic mass is 16.2. The topological polar surface area (TPSA) is 52.6 Å². The number of aromatic nitrogens is 2. The monoisotopic (exact) mass is 317 g/mol. The average molecular weight is 317 g/mol. The van der Waals surface area contributed by atoms with Crippen molar-refractivity contribution in [3.8, 4) is 0 Å². The molecule has 2 aliphatic rings. The fourth-order valence-corrected chi connectivity index (χ4v) is 3.70. The smallest absolute Gasteiger partial charge is 0.222 e. The van der Waals surface area contributed by atoms with Crippen LogP contribution in [0.3, 0.4) is 0 Å². The van der Waals surface area contributed by atoms with Gasteiger partial charge in [0.2, 0.25) is 5.91 Å². The summed E-state index contributed by atoms with van der Waals surface area (Å²) < 4.78 is 0. The highest BCUT2D eigenvalue weighted by Crippen LogP contribution is 2.23. The van der Waals surface area contributed by atoms with Crippen LogP contribution in [0.25, 0.3) is 0 Å². The summed E-state index contributed by atoms with van der Waals surface area (Å²) in [6.07, 6.45) is 6.98. The standard InChI is InChI=1S/C17H27N5O/c1-20(10-5-12-21-11-4-8-17(21)23)14-15-6-3-13-22(15)16-7-2-9-18-19-16/h2,7,9,15H,3-6,8,10-14H2,1H3. The summed E-state index contributed by atoms with van der Waals surface area (Å²) in [6.45, 7) is 5.01. The van der Waals surface area contributed by atoms with Crippen molar-refractivity contribution in [1.29, 1.82) is 0 Å². The predicted molar refractivity (Wildman–Crippen MR) is 90.3 cm³/mol. The first kappa shape index (κ1) is 16.2. The first-order valence-corrected chi connectivity index (χ1v) is 8.75. The molecule has 23 heavy (non-hydrogen) atoms. The summed E-state index contributed by atoms with van der Waals surface area (Å²) in [7, 11) is 2.18. The quantitative estimate of drug-likeness (QED) is 0.761. The van der Waals surface area contributed by atoms with Crippen molar-refractivity contribution < 1.29 is 4.79 Å². The lowest BCUT2D eigenvalue weighted by atomic mass is 10.2. The van der Waals surface area contributed by atoms with E-state index in [9.17, 15) is 4.79 Å². The zero-order valence-electron chi connectivity index (χ0n) is 14.0. The lowest BCUT2D eigenvalue weighted by molar-refractivity contribution is -0.127. The van der Waals surface area contributed by atoms with Crippen LogP contribution in [0.2, 0.25) is 0 Å². The Morgan fingerprint density at radius 1 is 1.35 bits per heavy atom. The molecule has 126 valence electrons. The Morgan fingerprint density at radius 2 is 2.26 bits per heavy atom. The van der Waals surface area contributed by atoms with Gasteiger partial charge in [0.15, 0.2) is 5.82 Å². The lowest BCUT2D eigenvalue weighted by Gasteiger charge is -2.29. The number of carbonyl (C=O) groups excluding carboxylic acids is 1. The van der Waals surface area contributed by atoms with Crippen molar-refractivity contribution in [3.05, 3.63) is 18.3 Å². The summed E-state index contributed by atoms with van der Waals surface area (Å²) in [6, 6.07) is 4.52. The third-order valence-electron chi connectivity index (χ3n) is 4.89. The van der Waals surface area contributed by atoms with Gasteiger partial charge >= 0.3 is 0 Å². The minimum atomic E-state index is 0.331. The van der Waals surface area contributed by atoms with Crippen LogP contribution in [0.1, 0.15) is 32.1 Å². The van der Waals surface area contributed by atoms with Crippen molar-refractivity contribution in [2.45, 2.75) is 38.1 Å². The molecule has 0 saturated carbocycles. The van der Waals surface area contributed by atoms with Gasteiger partial charge in [-0.1, -0.05) is 0 Å². The molecule has 0 N–H and O–H groups in total. The van der Waals surface area contributed by atoms with E-state index in [1.807, 2.05) is 17.0 Å². The third-order valence-corrected chi connectivity index (χ3v) is 4.89. The van der Waals surface area contributed by atoms with Gasteiger partial charge in [-0.05, 0) is 51.4 Å². The van der Waals surface area contributed by atoms with Gasteiger partial charge in [-0.15, -0.1) is 5.10 Å². The average Bonchev–Trinajstić information content (AvgIpc) is 3.18. The highest BCUT2D eigenvalue weighted by Gasteiger charge is 2.27. The van der Waals surface area contributed by atoms with Crippen LogP contribution in [0.4, 0.5) is 5.82 Å². The Labute approximate surface area is 138 Å². The molecule has 6 nitrogen and oxygen atoms in total. The lowest BCUT2D eigenvalue weighted by Crippen LogP contribution is -2.40. The van der Waals surface area contributed by atoms with Crippen LogP contribution in [0.5, 0.6) is 0 Å². The molecule has 0 aromatic carbocycles. The summed E-state index contributed by atoms with van der Waals surface area (Å²) in [5.41, 5.74) is 0. The summed E-state index contributed by atoms with van der Waals surface area (Å²) in [5, 5.41) is 8.26. The van der Waals surface area contributed by atoms with Crippen LogP contribution in [-0.2, 0) is 4.79 Å². The molecule has 0 bridgehead atoms. The number of likely N-dealkylation sites (N-methyl/N-ethyl adjacent to an activating group) is 1. The number of nitrogens with zero attached hydrogens (tertiary/aromatic N) is 5. The van der Waals surface area contributed by atoms with E-state index in [0.717, 1.165) is 57.8 Å². The van der Waals surface area contributed by atoms with Crippen molar-refractivity contribution in [1.82, 2.24) is 20.0 Å². The molecule has 2 saturated heterocycles. The van der Waals surface area contributed by atoms with Crippen molar-refractivity contribution >= 4 is 11.7 Å². The molecule has 0 radical (unpaired) electrons. The van der Waals surface area contributed by atoms with Crippen molar-refractivity contribution in [2.75, 3.05) is 44.7 Å². The SMILES string of the molecule is CN(CCCN1CCCC1=O)CC1CCCN1c1cccnn1. The van der Waals surface area contributed by atoms with Crippen LogP contribution < -0.4 is 4.90 Å². The maximum absolute atomic E-state index is 11.6. The van der Waals surface area contributed by atoms with E-state index in [0.29, 0.717) is 11.9 Å². The van der Waals surface area contributed by atoms with E-state index in [4.69, 9.17) is 0 Å².